The van der Waals surface area contributed by atoms with Crippen molar-refractivity contribution in [1.29, 1.82) is 0 Å². The monoisotopic (exact) mass is 280 g/mol. The van der Waals surface area contributed by atoms with Crippen LogP contribution in [0.4, 0.5) is 10.1 Å². The summed E-state index contributed by atoms with van der Waals surface area (Å²) >= 11 is 0. The number of carbonyl (C=O) groups excluding carboxylic acids is 2. The summed E-state index contributed by atoms with van der Waals surface area (Å²) in [6.45, 7) is 1.87. The van der Waals surface area contributed by atoms with Crippen LogP contribution in [0.15, 0.2) is 18.2 Å². The van der Waals surface area contributed by atoms with E-state index in [0.717, 1.165) is 18.9 Å². The lowest BCUT2D eigenvalue weighted by atomic mass is 10.1. The lowest BCUT2D eigenvalue weighted by Crippen LogP contribution is -2.38. The average Bonchev–Trinajstić information content (AvgIpc) is 3.20. The summed E-state index contributed by atoms with van der Waals surface area (Å²) in [5.74, 6) is -1.31. The topological polar surface area (TPSA) is 72.6 Å². The Morgan fingerprint density at radius 3 is 2.70 bits per heavy atom. The molecule has 1 aromatic rings. The van der Waals surface area contributed by atoms with Gasteiger partial charge in [0.05, 0.1) is 12.2 Å². The van der Waals surface area contributed by atoms with Gasteiger partial charge in [-0.05, 0) is 38.0 Å². The molecule has 1 saturated carbocycles. The summed E-state index contributed by atoms with van der Waals surface area (Å²) in [4.78, 5) is 25.4. The van der Waals surface area contributed by atoms with Crippen LogP contribution in [0.2, 0.25) is 0 Å². The van der Waals surface area contributed by atoms with E-state index < -0.39 is 11.8 Å². The van der Waals surface area contributed by atoms with Crippen molar-refractivity contribution >= 4 is 17.6 Å². The second kappa shape index (κ2) is 5.90. The third-order valence-electron chi connectivity index (χ3n) is 3.10. The molecule has 20 heavy (non-hydrogen) atoms. The summed E-state index contributed by atoms with van der Waals surface area (Å²) in [5, 5.41) is 0. The highest BCUT2D eigenvalue weighted by molar-refractivity contribution is 6.00. The number of hydrogen-bond acceptors (Lipinski definition) is 4. The predicted molar refractivity (Wildman–Crippen MR) is 71.5 cm³/mol. The van der Waals surface area contributed by atoms with E-state index in [9.17, 15) is 14.0 Å². The van der Waals surface area contributed by atoms with Gasteiger partial charge in [0.1, 0.15) is 12.4 Å². The van der Waals surface area contributed by atoms with Gasteiger partial charge in [0, 0.05) is 11.7 Å². The van der Waals surface area contributed by atoms with E-state index in [4.69, 9.17) is 10.5 Å². The number of ether oxygens (including phenoxy) is 1. The summed E-state index contributed by atoms with van der Waals surface area (Å²) in [6.07, 6.45) is 1.71. The van der Waals surface area contributed by atoms with Crippen molar-refractivity contribution in [3.63, 3.8) is 0 Å². The first-order chi connectivity index (χ1) is 9.52. The molecule has 1 aliphatic carbocycles. The van der Waals surface area contributed by atoms with Gasteiger partial charge in [-0.15, -0.1) is 0 Å². The molecule has 0 radical (unpaired) electrons. The number of nitrogens with two attached hydrogens (primary N) is 1. The number of halogens is 1. The molecule has 0 heterocycles. The highest BCUT2D eigenvalue weighted by Crippen LogP contribution is 2.29. The standard InChI is InChI=1S/C14H17FN2O3/c1-2-20-13(18)8-17(10-4-5-10)14(19)11-6-3-9(15)7-12(11)16/h3,6-7,10H,2,4-5,8,16H2,1H3. The van der Waals surface area contributed by atoms with E-state index in [1.54, 1.807) is 6.92 Å². The number of benzene rings is 1. The zero-order valence-electron chi connectivity index (χ0n) is 11.3. The first-order valence-corrected chi connectivity index (χ1v) is 6.54. The van der Waals surface area contributed by atoms with Gasteiger partial charge in [-0.25, -0.2) is 4.39 Å². The van der Waals surface area contributed by atoms with Crippen LogP contribution in [-0.4, -0.2) is 36.0 Å². The molecule has 0 unspecified atom stereocenters. The fourth-order valence-electron chi connectivity index (χ4n) is 1.98. The van der Waals surface area contributed by atoms with Crippen LogP contribution < -0.4 is 5.73 Å². The Hall–Kier alpha value is -2.11. The first-order valence-electron chi connectivity index (χ1n) is 6.54. The molecule has 0 spiro atoms. The zero-order valence-corrected chi connectivity index (χ0v) is 11.3. The maximum absolute atomic E-state index is 13.0. The fourth-order valence-corrected chi connectivity index (χ4v) is 1.98. The number of amides is 1. The van der Waals surface area contributed by atoms with Crippen LogP contribution in [0, 0.1) is 5.82 Å². The van der Waals surface area contributed by atoms with Crippen molar-refractivity contribution in [2.24, 2.45) is 0 Å². The molecule has 5 nitrogen and oxygen atoms in total. The molecule has 0 aliphatic heterocycles. The molecular weight excluding hydrogens is 263 g/mol. The molecule has 2 rings (SSSR count). The Balaban J connectivity index is 2.16. The number of rotatable bonds is 5. The summed E-state index contributed by atoms with van der Waals surface area (Å²) in [5.41, 5.74) is 5.95. The second-order valence-electron chi connectivity index (χ2n) is 4.70. The van der Waals surface area contributed by atoms with Crippen molar-refractivity contribution in [3.8, 4) is 0 Å². The quantitative estimate of drug-likeness (QED) is 0.656. The smallest absolute Gasteiger partial charge is 0.325 e. The Kier molecular flexibility index (Phi) is 4.22. The largest absolute Gasteiger partial charge is 0.465 e. The third kappa shape index (κ3) is 3.26. The van der Waals surface area contributed by atoms with Crippen LogP contribution in [0.25, 0.3) is 0 Å². The number of esters is 1. The molecule has 2 N–H and O–H groups in total. The fraction of sp³-hybridized carbons (Fsp3) is 0.429. The Morgan fingerprint density at radius 1 is 1.45 bits per heavy atom. The number of nitrogens with zero attached hydrogens (tertiary/aromatic N) is 1. The average molecular weight is 280 g/mol. The summed E-state index contributed by atoms with van der Waals surface area (Å²) in [6, 6.07) is 3.66. The maximum atomic E-state index is 13.0. The molecule has 0 saturated heterocycles. The summed E-state index contributed by atoms with van der Waals surface area (Å²) in [7, 11) is 0. The molecular formula is C14H17FN2O3. The minimum atomic E-state index is -0.498. The Bertz CT molecular complexity index is 529. The van der Waals surface area contributed by atoms with Gasteiger partial charge in [-0.3, -0.25) is 9.59 Å². The molecule has 1 aliphatic rings. The van der Waals surface area contributed by atoms with Crippen molar-refractivity contribution < 1.29 is 18.7 Å². The van der Waals surface area contributed by atoms with Crippen molar-refractivity contribution in [2.45, 2.75) is 25.8 Å². The SMILES string of the molecule is CCOC(=O)CN(C(=O)c1ccc(F)cc1N)C1CC1. The molecule has 0 bridgehead atoms. The molecule has 108 valence electrons. The highest BCUT2D eigenvalue weighted by atomic mass is 19.1. The van der Waals surface area contributed by atoms with Crippen molar-refractivity contribution in [3.05, 3.63) is 29.6 Å². The zero-order chi connectivity index (χ0) is 14.7. The van der Waals surface area contributed by atoms with E-state index in [1.807, 2.05) is 0 Å². The van der Waals surface area contributed by atoms with Crippen molar-refractivity contribution in [2.75, 3.05) is 18.9 Å². The van der Waals surface area contributed by atoms with E-state index in [1.165, 1.54) is 17.0 Å². The first kappa shape index (κ1) is 14.3. The lowest BCUT2D eigenvalue weighted by Gasteiger charge is -2.22. The van der Waals surface area contributed by atoms with Crippen LogP contribution in [0.1, 0.15) is 30.1 Å². The number of anilines is 1. The highest BCUT2D eigenvalue weighted by Gasteiger charge is 2.35. The molecule has 1 aromatic carbocycles. The van der Waals surface area contributed by atoms with Crippen LogP contribution in [0.5, 0.6) is 0 Å². The molecule has 1 fully saturated rings. The van der Waals surface area contributed by atoms with Gasteiger partial charge >= 0.3 is 5.97 Å². The van der Waals surface area contributed by atoms with Gasteiger partial charge in [-0.1, -0.05) is 0 Å². The minimum Gasteiger partial charge on any atom is -0.465 e. The Labute approximate surface area is 116 Å². The van der Waals surface area contributed by atoms with Crippen LogP contribution in [-0.2, 0) is 9.53 Å². The van der Waals surface area contributed by atoms with E-state index >= 15 is 0 Å². The predicted octanol–water partition coefficient (Wildman–Crippen LogP) is 1.58. The minimum absolute atomic E-state index is 0.0383. The summed E-state index contributed by atoms with van der Waals surface area (Å²) < 4.78 is 17.9. The number of nitrogen functional groups attached to an aromatic ring is 1. The Morgan fingerprint density at radius 2 is 2.15 bits per heavy atom. The van der Waals surface area contributed by atoms with Gasteiger partial charge in [-0.2, -0.15) is 0 Å². The van der Waals surface area contributed by atoms with Crippen LogP contribution >= 0.6 is 0 Å². The van der Waals surface area contributed by atoms with Crippen LogP contribution in [0.3, 0.4) is 0 Å². The van der Waals surface area contributed by atoms with E-state index in [2.05, 4.69) is 0 Å². The molecule has 0 aromatic heterocycles. The van der Waals surface area contributed by atoms with E-state index in [0.29, 0.717) is 0 Å². The van der Waals surface area contributed by atoms with Gasteiger partial charge in [0.15, 0.2) is 0 Å². The maximum Gasteiger partial charge on any atom is 0.325 e. The van der Waals surface area contributed by atoms with Gasteiger partial charge in [0.25, 0.3) is 5.91 Å². The second-order valence-corrected chi connectivity index (χ2v) is 4.70. The number of carbonyl (C=O) groups is 2. The van der Waals surface area contributed by atoms with Crippen molar-refractivity contribution in [1.82, 2.24) is 4.90 Å². The normalized spacial score (nSPS) is 13.9. The molecule has 0 atom stereocenters. The molecule has 6 heteroatoms. The van der Waals surface area contributed by atoms with Gasteiger partial charge < -0.3 is 15.4 Å². The number of hydrogen-bond donors (Lipinski definition) is 1. The third-order valence-corrected chi connectivity index (χ3v) is 3.10. The van der Waals surface area contributed by atoms with Gasteiger partial charge in [0.2, 0.25) is 0 Å². The van der Waals surface area contributed by atoms with E-state index in [-0.39, 0.29) is 36.4 Å². The molecule has 1 amide bonds. The lowest BCUT2D eigenvalue weighted by molar-refractivity contribution is -0.144.